The number of nitrogens with zero attached hydrogens (tertiary/aromatic N) is 3. The maximum Gasteiger partial charge on any atom is 0.317 e. The predicted octanol–water partition coefficient (Wildman–Crippen LogP) is 2.37. The summed E-state index contributed by atoms with van der Waals surface area (Å²) in [7, 11) is 0. The summed E-state index contributed by atoms with van der Waals surface area (Å²) in [5, 5.41) is 3.21. The van der Waals surface area contributed by atoms with E-state index in [1.807, 2.05) is 9.80 Å². The summed E-state index contributed by atoms with van der Waals surface area (Å²) in [6.07, 6.45) is 6.68. The summed E-state index contributed by atoms with van der Waals surface area (Å²) in [6.45, 7) is 6.83. The summed E-state index contributed by atoms with van der Waals surface area (Å²) in [5.41, 5.74) is 0.651. The minimum atomic E-state index is 0.0114. The third-order valence-electron chi connectivity index (χ3n) is 5.52. The van der Waals surface area contributed by atoms with Gasteiger partial charge in [0.1, 0.15) is 0 Å². The number of hydrogen-bond acceptors (Lipinski definition) is 3. The fourth-order valence-corrected chi connectivity index (χ4v) is 3.92. The first kappa shape index (κ1) is 17.7. The number of carbonyl (C=O) groups excluding carboxylic acids is 2. The van der Waals surface area contributed by atoms with Gasteiger partial charge in [-0.3, -0.25) is 9.78 Å². The van der Waals surface area contributed by atoms with E-state index in [9.17, 15) is 9.59 Å². The minimum absolute atomic E-state index is 0.0114. The van der Waals surface area contributed by atoms with E-state index in [1.165, 1.54) is 12.8 Å². The molecule has 25 heavy (non-hydrogen) atoms. The van der Waals surface area contributed by atoms with Crippen LogP contribution in [-0.2, 0) is 0 Å². The second kappa shape index (κ2) is 7.85. The van der Waals surface area contributed by atoms with Gasteiger partial charge in [0.15, 0.2) is 0 Å². The van der Waals surface area contributed by atoms with Crippen LogP contribution < -0.4 is 5.32 Å². The summed E-state index contributed by atoms with van der Waals surface area (Å²) < 4.78 is 0. The number of hydrogen-bond donors (Lipinski definition) is 1. The molecule has 136 valence electrons. The molecule has 0 aromatic carbocycles. The second-order valence-electron chi connectivity index (χ2n) is 7.47. The van der Waals surface area contributed by atoms with E-state index >= 15 is 0 Å². The van der Waals surface area contributed by atoms with E-state index in [-0.39, 0.29) is 18.0 Å². The lowest BCUT2D eigenvalue weighted by Crippen LogP contribution is -2.55. The smallest absolute Gasteiger partial charge is 0.317 e. The van der Waals surface area contributed by atoms with E-state index < -0.39 is 0 Å². The highest BCUT2D eigenvalue weighted by Crippen LogP contribution is 2.28. The molecule has 2 fully saturated rings. The quantitative estimate of drug-likeness (QED) is 0.896. The first-order valence-corrected chi connectivity index (χ1v) is 9.29. The Hall–Kier alpha value is -2.11. The monoisotopic (exact) mass is 344 g/mol. The van der Waals surface area contributed by atoms with Gasteiger partial charge in [0.2, 0.25) is 0 Å². The van der Waals surface area contributed by atoms with Crippen LogP contribution in [0.1, 0.15) is 43.5 Å². The molecule has 1 aliphatic heterocycles. The van der Waals surface area contributed by atoms with E-state index in [4.69, 9.17) is 0 Å². The molecule has 3 amide bonds. The Morgan fingerprint density at radius 3 is 2.32 bits per heavy atom. The van der Waals surface area contributed by atoms with Gasteiger partial charge in [-0.2, -0.15) is 0 Å². The zero-order chi connectivity index (χ0) is 17.8. The Bertz CT molecular complexity index is 599. The molecule has 1 N–H and O–H groups in total. The average molecular weight is 344 g/mol. The molecular weight excluding hydrogens is 316 g/mol. The van der Waals surface area contributed by atoms with Crippen molar-refractivity contribution in [2.45, 2.75) is 39.2 Å². The van der Waals surface area contributed by atoms with Crippen molar-refractivity contribution in [1.82, 2.24) is 20.1 Å². The number of nitrogens with one attached hydrogen (secondary N) is 1. The summed E-state index contributed by atoms with van der Waals surface area (Å²) in [6, 6.07) is 3.75. The zero-order valence-corrected chi connectivity index (χ0v) is 15.1. The third kappa shape index (κ3) is 4.30. The van der Waals surface area contributed by atoms with Crippen LogP contribution in [0.4, 0.5) is 4.79 Å². The molecule has 1 saturated carbocycles. The van der Waals surface area contributed by atoms with Gasteiger partial charge in [-0.25, -0.2) is 4.79 Å². The molecule has 6 heteroatoms. The van der Waals surface area contributed by atoms with Gasteiger partial charge >= 0.3 is 6.03 Å². The van der Waals surface area contributed by atoms with Crippen LogP contribution in [0.15, 0.2) is 24.5 Å². The molecule has 0 bridgehead atoms. The molecule has 2 aliphatic rings. The van der Waals surface area contributed by atoms with Crippen molar-refractivity contribution < 1.29 is 9.59 Å². The van der Waals surface area contributed by atoms with Crippen LogP contribution >= 0.6 is 0 Å². The van der Waals surface area contributed by atoms with Crippen molar-refractivity contribution in [3.05, 3.63) is 30.1 Å². The van der Waals surface area contributed by atoms with Gasteiger partial charge in [-0.05, 0) is 43.2 Å². The Morgan fingerprint density at radius 1 is 1.04 bits per heavy atom. The van der Waals surface area contributed by atoms with Crippen LogP contribution in [0.5, 0.6) is 0 Å². The van der Waals surface area contributed by atoms with Crippen molar-refractivity contribution in [2.24, 2.45) is 11.8 Å². The van der Waals surface area contributed by atoms with E-state index in [1.54, 1.807) is 24.5 Å². The van der Waals surface area contributed by atoms with Gasteiger partial charge in [0, 0.05) is 50.2 Å². The fraction of sp³-hybridized carbons (Fsp3) is 0.632. The summed E-state index contributed by atoms with van der Waals surface area (Å²) in [4.78, 5) is 32.6. The number of pyridine rings is 1. The maximum atomic E-state index is 12.5. The van der Waals surface area contributed by atoms with Crippen molar-refractivity contribution in [3.63, 3.8) is 0 Å². The average Bonchev–Trinajstić information content (AvgIpc) is 2.64. The number of urea groups is 1. The Labute approximate surface area is 149 Å². The van der Waals surface area contributed by atoms with Crippen molar-refractivity contribution in [2.75, 3.05) is 26.2 Å². The molecule has 1 saturated heterocycles. The molecule has 3 rings (SSSR count). The lowest BCUT2D eigenvalue weighted by Gasteiger charge is -2.38. The number of piperazine rings is 1. The van der Waals surface area contributed by atoms with Crippen LogP contribution in [0.25, 0.3) is 0 Å². The molecule has 1 aromatic heterocycles. The number of rotatable bonds is 2. The third-order valence-corrected chi connectivity index (χ3v) is 5.52. The molecule has 3 atom stereocenters. The normalized spacial score (nSPS) is 27.0. The van der Waals surface area contributed by atoms with Gasteiger partial charge in [-0.15, -0.1) is 0 Å². The van der Waals surface area contributed by atoms with E-state index in [0.29, 0.717) is 37.7 Å². The van der Waals surface area contributed by atoms with Gasteiger partial charge < -0.3 is 15.1 Å². The standard InChI is InChI=1S/C19H28N4O2/c1-14-3-4-17(15(2)13-14)21-19(25)23-11-9-22(10-12-23)18(24)16-5-7-20-8-6-16/h5-8,14-15,17H,3-4,9-13H2,1-2H3,(H,21,25)/t14-,15+,17-/m1/s1. The molecule has 0 unspecified atom stereocenters. The van der Waals surface area contributed by atoms with Crippen molar-refractivity contribution in [3.8, 4) is 0 Å². The molecule has 0 radical (unpaired) electrons. The Morgan fingerprint density at radius 2 is 1.68 bits per heavy atom. The second-order valence-corrected chi connectivity index (χ2v) is 7.47. The van der Waals surface area contributed by atoms with Crippen LogP contribution in [0.3, 0.4) is 0 Å². The molecule has 1 aromatic rings. The van der Waals surface area contributed by atoms with Gasteiger partial charge in [0.05, 0.1) is 0 Å². The van der Waals surface area contributed by atoms with Crippen LogP contribution in [-0.4, -0.2) is 58.9 Å². The van der Waals surface area contributed by atoms with Gasteiger partial charge in [-0.1, -0.05) is 13.8 Å². The summed E-state index contributed by atoms with van der Waals surface area (Å²) in [5.74, 6) is 1.30. The van der Waals surface area contributed by atoms with Gasteiger partial charge in [0.25, 0.3) is 5.91 Å². The largest absolute Gasteiger partial charge is 0.335 e. The molecule has 1 aliphatic carbocycles. The Balaban J connectivity index is 1.48. The highest BCUT2D eigenvalue weighted by atomic mass is 16.2. The maximum absolute atomic E-state index is 12.5. The van der Waals surface area contributed by atoms with Crippen molar-refractivity contribution in [1.29, 1.82) is 0 Å². The fourth-order valence-electron chi connectivity index (χ4n) is 3.92. The molecular formula is C19H28N4O2. The highest BCUT2D eigenvalue weighted by molar-refractivity contribution is 5.94. The number of carbonyl (C=O) groups is 2. The number of amides is 3. The zero-order valence-electron chi connectivity index (χ0n) is 15.1. The number of aromatic nitrogens is 1. The first-order valence-electron chi connectivity index (χ1n) is 9.29. The van der Waals surface area contributed by atoms with Crippen LogP contribution in [0.2, 0.25) is 0 Å². The molecule has 0 spiro atoms. The van der Waals surface area contributed by atoms with E-state index in [0.717, 1.165) is 12.3 Å². The lowest BCUT2D eigenvalue weighted by molar-refractivity contribution is 0.0660. The first-order chi connectivity index (χ1) is 12.0. The lowest BCUT2D eigenvalue weighted by atomic mass is 9.80. The molecule has 2 heterocycles. The topological polar surface area (TPSA) is 65.5 Å². The van der Waals surface area contributed by atoms with Crippen LogP contribution in [0, 0.1) is 11.8 Å². The SMILES string of the molecule is C[C@@H]1CC[C@@H](NC(=O)N2CCN(C(=O)c3ccncc3)CC2)[C@@H](C)C1. The minimum Gasteiger partial charge on any atom is -0.335 e. The summed E-state index contributed by atoms with van der Waals surface area (Å²) >= 11 is 0. The highest BCUT2D eigenvalue weighted by Gasteiger charge is 2.30. The van der Waals surface area contributed by atoms with Crippen molar-refractivity contribution >= 4 is 11.9 Å². The Kier molecular flexibility index (Phi) is 5.56. The van der Waals surface area contributed by atoms with E-state index in [2.05, 4.69) is 24.1 Å². The predicted molar refractivity (Wildman–Crippen MR) is 96.2 cm³/mol. The molecule has 6 nitrogen and oxygen atoms in total.